The van der Waals surface area contributed by atoms with Gasteiger partial charge in [-0.25, -0.2) is 0 Å². The number of benzene rings is 1. The van der Waals surface area contributed by atoms with E-state index in [1.807, 2.05) is 26.0 Å². The largest absolute Gasteiger partial charge is 0.420 e. The van der Waals surface area contributed by atoms with Crippen molar-refractivity contribution in [2.75, 3.05) is 5.75 Å². The minimum Gasteiger partial charge on any atom is -0.420 e. The Hall–Kier alpha value is -1.04. The third-order valence-corrected chi connectivity index (χ3v) is 3.91. The molecule has 2 rings (SSSR count). The summed E-state index contributed by atoms with van der Waals surface area (Å²) in [7, 11) is 0. The molecule has 4 nitrogen and oxygen atoms in total. The van der Waals surface area contributed by atoms with Crippen LogP contribution >= 0.6 is 23.4 Å². The number of rotatable bonds is 5. The molecule has 0 aliphatic rings. The van der Waals surface area contributed by atoms with Gasteiger partial charge in [-0.3, -0.25) is 0 Å². The first kappa shape index (κ1) is 14.4. The predicted octanol–water partition coefficient (Wildman–Crippen LogP) is 3.36. The summed E-state index contributed by atoms with van der Waals surface area (Å²) in [5, 5.41) is 8.73. The minimum absolute atomic E-state index is 0.191. The number of hydrogen-bond donors (Lipinski definition) is 1. The maximum atomic E-state index is 5.91. The maximum absolute atomic E-state index is 5.91. The molecule has 0 atom stereocenters. The van der Waals surface area contributed by atoms with Gasteiger partial charge in [0.25, 0.3) is 0 Å². The van der Waals surface area contributed by atoms with Crippen LogP contribution in [-0.2, 0) is 5.75 Å². The van der Waals surface area contributed by atoms with Crippen LogP contribution in [0.1, 0.15) is 19.7 Å². The Morgan fingerprint density at radius 3 is 2.58 bits per heavy atom. The Bertz CT molecular complexity index is 534. The van der Waals surface area contributed by atoms with E-state index in [9.17, 15) is 0 Å². The van der Waals surface area contributed by atoms with Gasteiger partial charge in [-0.05, 0) is 38.1 Å². The van der Waals surface area contributed by atoms with Crippen LogP contribution in [0.25, 0.3) is 11.5 Å². The molecule has 0 saturated heterocycles. The van der Waals surface area contributed by atoms with Gasteiger partial charge < -0.3 is 10.2 Å². The summed E-state index contributed by atoms with van der Waals surface area (Å²) in [4.78, 5) is 0. The molecular weight excluding hydrogens is 282 g/mol. The summed E-state index contributed by atoms with van der Waals surface area (Å²) in [5.41, 5.74) is 6.59. The summed E-state index contributed by atoms with van der Waals surface area (Å²) >= 11 is 7.52. The van der Waals surface area contributed by atoms with E-state index < -0.39 is 0 Å². The van der Waals surface area contributed by atoms with Crippen LogP contribution in [0.5, 0.6) is 0 Å². The van der Waals surface area contributed by atoms with Crippen molar-refractivity contribution in [3.63, 3.8) is 0 Å². The molecule has 1 aromatic heterocycles. The second kappa shape index (κ2) is 5.94. The highest BCUT2D eigenvalue weighted by molar-refractivity contribution is 7.98. The zero-order chi connectivity index (χ0) is 13.9. The molecular formula is C13H16ClN3OS. The molecule has 0 aliphatic carbocycles. The van der Waals surface area contributed by atoms with Crippen LogP contribution in [-0.4, -0.2) is 21.5 Å². The lowest BCUT2D eigenvalue weighted by atomic mass is 10.1. The fourth-order valence-electron chi connectivity index (χ4n) is 1.42. The lowest BCUT2D eigenvalue weighted by Crippen LogP contribution is -2.34. The van der Waals surface area contributed by atoms with E-state index >= 15 is 0 Å². The predicted molar refractivity (Wildman–Crippen MR) is 79.2 cm³/mol. The highest BCUT2D eigenvalue weighted by Crippen LogP contribution is 2.22. The van der Waals surface area contributed by atoms with E-state index in [0.29, 0.717) is 22.6 Å². The molecule has 0 spiro atoms. The Kier molecular flexibility index (Phi) is 4.50. The summed E-state index contributed by atoms with van der Waals surface area (Å²) < 4.78 is 5.60. The van der Waals surface area contributed by atoms with Gasteiger partial charge in [-0.15, -0.1) is 10.2 Å². The first-order valence-electron chi connectivity index (χ1n) is 5.89. The third-order valence-electron chi connectivity index (χ3n) is 2.26. The normalized spacial score (nSPS) is 11.8. The number of aromatic nitrogens is 2. The molecule has 0 fully saturated rings. The Morgan fingerprint density at radius 1 is 1.26 bits per heavy atom. The first-order chi connectivity index (χ1) is 8.94. The SMILES string of the molecule is CC(C)(N)CSCc1nnc(-c2ccc(Cl)cc2)o1. The fourth-order valence-corrected chi connectivity index (χ4v) is 2.47. The van der Waals surface area contributed by atoms with Crippen molar-refractivity contribution in [3.05, 3.63) is 35.2 Å². The van der Waals surface area contributed by atoms with E-state index in [2.05, 4.69) is 10.2 Å². The summed E-state index contributed by atoms with van der Waals surface area (Å²) in [6.07, 6.45) is 0. The zero-order valence-corrected chi connectivity index (χ0v) is 12.5. The first-order valence-corrected chi connectivity index (χ1v) is 7.42. The van der Waals surface area contributed by atoms with Gasteiger partial charge in [0.15, 0.2) is 0 Å². The van der Waals surface area contributed by atoms with Gasteiger partial charge in [-0.2, -0.15) is 11.8 Å². The molecule has 1 aromatic carbocycles. The third kappa shape index (κ3) is 4.53. The van der Waals surface area contributed by atoms with E-state index in [4.69, 9.17) is 21.8 Å². The molecule has 2 aromatic rings. The average Bonchev–Trinajstić information content (AvgIpc) is 2.77. The summed E-state index contributed by atoms with van der Waals surface area (Å²) in [5.74, 6) is 2.63. The van der Waals surface area contributed by atoms with Gasteiger partial charge in [0.05, 0.1) is 5.75 Å². The van der Waals surface area contributed by atoms with Crippen molar-refractivity contribution in [2.45, 2.75) is 25.1 Å². The average molecular weight is 298 g/mol. The van der Waals surface area contributed by atoms with E-state index in [1.54, 1.807) is 23.9 Å². The number of halogens is 1. The highest BCUT2D eigenvalue weighted by Gasteiger charge is 2.13. The molecule has 102 valence electrons. The quantitative estimate of drug-likeness (QED) is 0.916. The van der Waals surface area contributed by atoms with E-state index in [1.165, 1.54) is 0 Å². The van der Waals surface area contributed by atoms with Gasteiger partial charge >= 0.3 is 0 Å². The molecule has 0 unspecified atom stereocenters. The van der Waals surface area contributed by atoms with E-state index in [-0.39, 0.29) is 5.54 Å². The molecule has 2 N–H and O–H groups in total. The lowest BCUT2D eigenvalue weighted by Gasteiger charge is -2.16. The van der Waals surface area contributed by atoms with Crippen LogP contribution in [0.3, 0.4) is 0 Å². The maximum Gasteiger partial charge on any atom is 0.247 e. The standard InChI is InChI=1S/C13H16ClN3OS/c1-13(2,15)8-19-7-11-16-17-12(18-11)9-3-5-10(14)6-4-9/h3-6H,7-8,15H2,1-2H3. The van der Waals surface area contributed by atoms with Crippen LogP contribution < -0.4 is 5.73 Å². The molecule has 6 heteroatoms. The highest BCUT2D eigenvalue weighted by atomic mass is 35.5. The Balaban J connectivity index is 1.97. The topological polar surface area (TPSA) is 64.9 Å². The molecule has 19 heavy (non-hydrogen) atoms. The number of nitrogens with two attached hydrogens (primary N) is 1. The Morgan fingerprint density at radius 2 is 1.95 bits per heavy atom. The van der Waals surface area contributed by atoms with Crippen molar-refractivity contribution >= 4 is 23.4 Å². The molecule has 0 bridgehead atoms. The van der Waals surface area contributed by atoms with Crippen LogP contribution in [0.2, 0.25) is 5.02 Å². The van der Waals surface area contributed by atoms with Crippen LogP contribution in [0, 0.1) is 0 Å². The molecule has 0 aliphatic heterocycles. The molecule has 0 amide bonds. The molecule has 0 saturated carbocycles. The minimum atomic E-state index is -0.191. The zero-order valence-electron chi connectivity index (χ0n) is 10.9. The molecule has 0 radical (unpaired) electrons. The van der Waals surface area contributed by atoms with Crippen molar-refractivity contribution < 1.29 is 4.42 Å². The fraction of sp³-hybridized carbons (Fsp3) is 0.385. The van der Waals surface area contributed by atoms with Gasteiger partial charge in [-0.1, -0.05) is 11.6 Å². The van der Waals surface area contributed by atoms with Crippen molar-refractivity contribution in [1.82, 2.24) is 10.2 Å². The number of hydrogen-bond acceptors (Lipinski definition) is 5. The summed E-state index contributed by atoms with van der Waals surface area (Å²) in [6.45, 7) is 3.99. The van der Waals surface area contributed by atoms with Crippen LogP contribution in [0.15, 0.2) is 28.7 Å². The number of thioether (sulfide) groups is 1. The smallest absolute Gasteiger partial charge is 0.247 e. The second-order valence-corrected chi connectivity index (χ2v) is 6.41. The van der Waals surface area contributed by atoms with Crippen molar-refractivity contribution in [3.8, 4) is 11.5 Å². The van der Waals surface area contributed by atoms with Gasteiger partial charge in [0, 0.05) is 21.9 Å². The number of nitrogens with zero attached hydrogens (tertiary/aromatic N) is 2. The van der Waals surface area contributed by atoms with Crippen molar-refractivity contribution in [1.29, 1.82) is 0 Å². The Labute approximate surface area is 121 Å². The van der Waals surface area contributed by atoms with E-state index in [0.717, 1.165) is 11.3 Å². The monoisotopic (exact) mass is 297 g/mol. The van der Waals surface area contributed by atoms with Gasteiger partial charge in [0.1, 0.15) is 0 Å². The van der Waals surface area contributed by atoms with Crippen LogP contribution in [0.4, 0.5) is 0 Å². The second-order valence-electron chi connectivity index (χ2n) is 4.99. The van der Waals surface area contributed by atoms with Gasteiger partial charge in [0.2, 0.25) is 11.8 Å². The lowest BCUT2D eigenvalue weighted by molar-refractivity contribution is 0.527. The molecule has 1 heterocycles. The van der Waals surface area contributed by atoms with Crippen molar-refractivity contribution in [2.24, 2.45) is 5.73 Å². The summed E-state index contributed by atoms with van der Waals surface area (Å²) in [6, 6.07) is 7.31.